The minimum Gasteiger partial charge on any atom is -0.491 e. The number of hydrogen-bond acceptors (Lipinski definition) is 6. The van der Waals surface area contributed by atoms with Crippen molar-refractivity contribution in [3.05, 3.63) is 77.8 Å². The van der Waals surface area contributed by atoms with Gasteiger partial charge in [0.15, 0.2) is 5.76 Å². The number of nitrogens with zero attached hydrogens (tertiary/aromatic N) is 3. The van der Waals surface area contributed by atoms with Crippen LogP contribution in [0.2, 0.25) is 0 Å². The van der Waals surface area contributed by atoms with E-state index in [1.54, 1.807) is 24.5 Å². The zero-order chi connectivity index (χ0) is 22.0. The monoisotopic (exact) mass is 421 g/mol. The van der Waals surface area contributed by atoms with Crippen LogP contribution in [-0.2, 0) is 15.0 Å². The van der Waals surface area contributed by atoms with E-state index in [0.29, 0.717) is 41.8 Å². The summed E-state index contributed by atoms with van der Waals surface area (Å²) in [5, 5.41) is 10.8. The molecule has 1 amide bonds. The van der Waals surface area contributed by atoms with Crippen LogP contribution in [0.15, 0.2) is 66.5 Å². The zero-order valence-electron chi connectivity index (χ0n) is 18.0. The quantitative estimate of drug-likeness (QED) is 0.717. The number of rotatable bonds is 5. The maximum Gasteiger partial charge on any atom is 0.261 e. The number of pyridine rings is 1. The number of carbonyl (C=O) groups is 1. The van der Waals surface area contributed by atoms with Crippen molar-refractivity contribution >= 4 is 11.7 Å². The summed E-state index contributed by atoms with van der Waals surface area (Å²) in [7, 11) is 0. The average Bonchev–Trinajstić information content (AvgIpc) is 3.20. The van der Waals surface area contributed by atoms with Crippen molar-refractivity contribution in [2.75, 3.05) is 18.5 Å². The number of ether oxygens (including phenoxy) is 2. The van der Waals surface area contributed by atoms with E-state index in [1.807, 2.05) is 29.8 Å². The van der Waals surface area contributed by atoms with Gasteiger partial charge in [0.25, 0.3) is 5.91 Å². The van der Waals surface area contributed by atoms with E-state index in [9.17, 15) is 4.79 Å². The molecule has 0 aromatic carbocycles. The molecule has 0 saturated heterocycles. The molecule has 4 rings (SSSR count). The van der Waals surface area contributed by atoms with E-state index >= 15 is 0 Å². The van der Waals surface area contributed by atoms with E-state index in [0.717, 1.165) is 12.1 Å². The summed E-state index contributed by atoms with van der Waals surface area (Å²) in [6, 6.07) is 5.82. The molecule has 0 fully saturated rings. The van der Waals surface area contributed by atoms with E-state index in [1.165, 1.54) is 0 Å². The minimum atomic E-state index is -0.285. The summed E-state index contributed by atoms with van der Waals surface area (Å²) in [6.07, 6.45) is 7.44. The first-order valence-corrected chi connectivity index (χ1v) is 10.3. The van der Waals surface area contributed by atoms with Crippen LogP contribution >= 0.6 is 0 Å². The van der Waals surface area contributed by atoms with Crippen molar-refractivity contribution in [3.63, 3.8) is 0 Å². The lowest BCUT2D eigenvalue weighted by Crippen LogP contribution is -2.38. The standard InChI is InChI=1S/C23H27N5O3/c1-5-16(12-20-15(2)30-10-11-31-20)26-22(29)17-14-25-28-21(17)27-19(13-23(28,3)4)18-8-6-7-9-24-18/h5-9,12,14,19,27H,1,10-11,13H2,2-4H3,(H,26,29)/b16-12+. The topological polar surface area (TPSA) is 90.3 Å². The fourth-order valence-electron chi connectivity index (χ4n) is 3.82. The van der Waals surface area contributed by atoms with Gasteiger partial charge in [0.2, 0.25) is 0 Å². The molecule has 1 unspecified atom stereocenters. The second-order valence-electron chi connectivity index (χ2n) is 8.16. The minimum absolute atomic E-state index is 0.0260. The number of aromatic nitrogens is 3. The average molecular weight is 422 g/mol. The van der Waals surface area contributed by atoms with Crippen LogP contribution < -0.4 is 10.6 Å². The molecule has 162 valence electrons. The van der Waals surface area contributed by atoms with E-state index in [4.69, 9.17) is 9.47 Å². The molecule has 0 saturated carbocycles. The number of nitrogens with one attached hydrogen (secondary N) is 2. The Labute approximate surface area is 181 Å². The summed E-state index contributed by atoms with van der Waals surface area (Å²) in [5.74, 6) is 1.63. The summed E-state index contributed by atoms with van der Waals surface area (Å²) in [4.78, 5) is 17.6. The van der Waals surface area contributed by atoms with E-state index < -0.39 is 0 Å². The predicted octanol–water partition coefficient (Wildman–Crippen LogP) is 3.65. The molecule has 31 heavy (non-hydrogen) atoms. The SMILES string of the molecule is C=C/C(=C\C1=C(C)OCCO1)NC(=O)c1cnn2c1NC(c1ccccn1)CC2(C)C. The van der Waals surface area contributed by atoms with Gasteiger partial charge in [-0.2, -0.15) is 5.10 Å². The number of hydrogen-bond donors (Lipinski definition) is 2. The molecule has 4 heterocycles. The van der Waals surface area contributed by atoms with Gasteiger partial charge in [-0.25, -0.2) is 4.68 Å². The van der Waals surface area contributed by atoms with Crippen molar-refractivity contribution < 1.29 is 14.3 Å². The van der Waals surface area contributed by atoms with Crippen molar-refractivity contribution in [1.29, 1.82) is 0 Å². The van der Waals surface area contributed by atoms with Crippen LogP contribution in [0.3, 0.4) is 0 Å². The van der Waals surface area contributed by atoms with Gasteiger partial charge < -0.3 is 20.1 Å². The highest BCUT2D eigenvalue weighted by molar-refractivity contribution is 6.00. The smallest absolute Gasteiger partial charge is 0.261 e. The van der Waals surface area contributed by atoms with Crippen molar-refractivity contribution in [3.8, 4) is 0 Å². The van der Waals surface area contributed by atoms with Gasteiger partial charge in [-0.15, -0.1) is 0 Å². The first-order chi connectivity index (χ1) is 14.9. The van der Waals surface area contributed by atoms with Gasteiger partial charge in [0, 0.05) is 18.0 Å². The normalized spacial score (nSPS) is 20.1. The van der Waals surface area contributed by atoms with Gasteiger partial charge in [0.05, 0.1) is 23.5 Å². The number of anilines is 1. The van der Waals surface area contributed by atoms with Gasteiger partial charge in [-0.3, -0.25) is 9.78 Å². The van der Waals surface area contributed by atoms with Crippen LogP contribution in [0.5, 0.6) is 0 Å². The number of fused-ring (bicyclic) bond motifs is 1. The molecule has 2 N–H and O–H groups in total. The third kappa shape index (κ3) is 4.19. The van der Waals surface area contributed by atoms with Crippen LogP contribution in [0.1, 0.15) is 49.3 Å². The molecule has 0 aliphatic carbocycles. The summed E-state index contributed by atoms with van der Waals surface area (Å²) < 4.78 is 13.0. The molecule has 0 bridgehead atoms. The number of amides is 1. The molecular formula is C23H27N5O3. The molecule has 0 radical (unpaired) electrons. The Balaban J connectivity index is 1.61. The maximum absolute atomic E-state index is 13.1. The lowest BCUT2D eigenvalue weighted by atomic mass is 9.91. The third-order valence-electron chi connectivity index (χ3n) is 5.42. The van der Waals surface area contributed by atoms with Crippen LogP contribution in [0.25, 0.3) is 0 Å². The maximum atomic E-state index is 13.1. The molecule has 8 nitrogen and oxygen atoms in total. The van der Waals surface area contributed by atoms with Crippen LogP contribution in [-0.4, -0.2) is 33.9 Å². The van der Waals surface area contributed by atoms with Gasteiger partial charge in [-0.1, -0.05) is 12.6 Å². The van der Waals surface area contributed by atoms with Crippen LogP contribution in [0.4, 0.5) is 5.82 Å². The molecule has 2 aliphatic heterocycles. The van der Waals surface area contributed by atoms with E-state index in [-0.39, 0.29) is 17.5 Å². The fourth-order valence-corrected chi connectivity index (χ4v) is 3.82. The van der Waals surface area contributed by atoms with E-state index in [2.05, 4.69) is 41.1 Å². The second kappa shape index (κ2) is 8.29. The van der Waals surface area contributed by atoms with Gasteiger partial charge >= 0.3 is 0 Å². The first kappa shape index (κ1) is 20.7. The Morgan fingerprint density at radius 3 is 2.87 bits per heavy atom. The van der Waals surface area contributed by atoms with Crippen molar-refractivity contribution in [2.24, 2.45) is 0 Å². The van der Waals surface area contributed by atoms with Gasteiger partial charge in [0.1, 0.15) is 30.4 Å². The lowest BCUT2D eigenvalue weighted by molar-refractivity contribution is 0.0705. The Kier molecular flexibility index (Phi) is 5.54. The molecule has 2 aromatic rings. The van der Waals surface area contributed by atoms with Crippen molar-refractivity contribution in [1.82, 2.24) is 20.1 Å². The summed E-state index contributed by atoms with van der Waals surface area (Å²) in [5.41, 5.74) is 1.61. The van der Waals surface area contributed by atoms with Crippen LogP contribution in [0, 0.1) is 0 Å². The second-order valence-corrected chi connectivity index (χ2v) is 8.16. The molecule has 1 atom stereocenters. The molecule has 2 aromatic heterocycles. The third-order valence-corrected chi connectivity index (χ3v) is 5.42. The molecular weight excluding hydrogens is 394 g/mol. The predicted molar refractivity (Wildman–Crippen MR) is 117 cm³/mol. The highest BCUT2D eigenvalue weighted by Gasteiger charge is 2.37. The molecule has 8 heteroatoms. The fraction of sp³-hybridized carbons (Fsp3) is 0.348. The Bertz CT molecular complexity index is 1050. The Morgan fingerprint density at radius 2 is 2.16 bits per heavy atom. The summed E-state index contributed by atoms with van der Waals surface area (Å²) >= 11 is 0. The molecule has 0 spiro atoms. The zero-order valence-corrected chi connectivity index (χ0v) is 18.0. The summed E-state index contributed by atoms with van der Waals surface area (Å²) in [6.45, 7) is 10.8. The number of carbonyl (C=O) groups excluding carboxylic acids is 1. The highest BCUT2D eigenvalue weighted by Crippen LogP contribution is 2.39. The Hall–Kier alpha value is -3.55. The first-order valence-electron chi connectivity index (χ1n) is 10.3. The Morgan fingerprint density at radius 1 is 1.35 bits per heavy atom. The lowest BCUT2D eigenvalue weighted by Gasteiger charge is -2.37. The largest absolute Gasteiger partial charge is 0.491 e. The highest BCUT2D eigenvalue weighted by atomic mass is 16.6. The van der Waals surface area contributed by atoms with Gasteiger partial charge in [-0.05, 0) is 45.4 Å². The molecule has 2 aliphatic rings. The number of allylic oxidation sites excluding steroid dienone is 3. The van der Waals surface area contributed by atoms with Crippen molar-refractivity contribution in [2.45, 2.75) is 38.8 Å².